The number of rotatable bonds is 7. The van der Waals surface area contributed by atoms with Gasteiger partial charge in [-0.1, -0.05) is 35.9 Å². The molecule has 2 heterocycles. The zero-order valence-corrected chi connectivity index (χ0v) is 19.0. The topological polar surface area (TPSA) is 157 Å². The second-order valence-corrected chi connectivity index (χ2v) is 9.39. The molecule has 0 saturated heterocycles. The Balaban J connectivity index is 1.63. The summed E-state index contributed by atoms with van der Waals surface area (Å²) in [6, 6.07) is 12.7. The minimum absolute atomic E-state index is 0.00377. The van der Waals surface area contributed by atoms with Gasteiger partial charge in [-0.05, 0) is 35.4 Å². The molecule has 1 amide bonds. The molecular formula is C22H18ClN5O5S. The van der Waals surface area contributed by atoms with Crippen molar-refractivity contribution in [1.82, 2.24) is 14.8 Å². The van der Waals surface area contributed by atoms with Crippen LogP contribution in [0.5, 0.6) is 0 Å². The van der Waals surface area contributed by atoms with Crippen molar-refractivity contribution in [3.63, 3.8) is 0 Å². The Bertz CT molecular complexity index is 1520. The van der Waals surface area contributed by atoms with Crippen LogP contribution in [0, 0.1) is 0 Å². The smallest absolute Gasteiger partial charge is 0.354 e. The summed E-state index contributed by atoms with van der Waals surface area (Å²) in [6.45, 7) is 0.208. The van der Waals surface area contributed by atoms with Gasteiger partial charge in [-0.2, -0.15) is 5.10 Å². The van der Waals surface area contributed by atoms with Gasteiger partial charge in [0.15, 0.2) is 0 Å². The maximum absolute atomic E-state index is 12.5. The molecule has 0 spiro atoms. The standard InChI is InChI=1S/C22H18ClN5O5S/c23-17-4-2-1-3-14(17)7-21(29)26-15-8-19-16(20(9-15)34(24,32)33)12-28(27-19)11-13-5-6-18(22(30)31)25-10-13/h1-6,8-10,12H,7,11H2,(H,26,29)(H,30,31)(H2,24,32,33). The van der Waals surface area contributed by atoms with Crippen molar-refractivity contribution in [2.45, 2.75) is 17.9 Å². The Morgan fingerprint density at radius 3 is 2.56 bits per heavy atom. The first-order valence-electron chi connectivity index (χ1n) is 9.85. The predicted octanol–water partition coefficient (Wildman–Crippen LogP) is 2.66. The Hall–Kier alpha value is -3.80. The molecule has 0 aliphatic carbocycles. The molecule has 0 saturated carbocycles. The third-order valence-electron chi connectivity index (χ3n) is 4.92. The van der Waals surface area contributed by atoms with Gasteiger partial charge in [0.1, 0.15) is 5.69 Å². The number of halogens is 1. The number of pyridine rings is 1. The summed E-state index contributed by atoms with van der Waals surface area (Å²) in [7, 11) is -4.13. The quantitative estimate of drug-likeness (QED) is 0.352. The number of amides is 1. The molecule has 0 aliphatic heterocycles. The number of hydrogen-bond donors (Lipinski definition) is 3. The molecule has 0 atom stereocenters. The lowest BCUT2D eigenvalue weighted by Crippen LogP contribution is -2.16. The highest BCUT2D eigenvalue weighted by atomic mass is 35.5. The number of nitrogens with one attached hydrogen (secondary N) is 1. The summed E-state index contributed by atoms with van der Waals surface area (Å²) in [5.74, 6) is -1.53. The average Bonchev–Trinajstić information content (AvgIpc) is 3.16. The number of aromatic nitrogens is 3. The number of nitrogens with two attached hydrogens (primary N) is 1. The summed E-state index contributed by atoms with van der Waals surface area (Å²) in [5.41, 5.74) is 1.70. The van der Waals surface area contributed by atoms with Gasteiger partial charge in [0.25, 0.3) is 0 Å². The van der Waals surface area contributed by atoms with E-state index in [0.29, 0.717) is 21.7 Å². The molecule has 0 bridgehead atoms. The second-order valence-electron chi connectivity index (χ2n) is 7.45. The molecule has 174 valence electrons. The van der Waals surface area contributed by atoms with Crippen LogP contribution in [0.25, 0.3) is 10.9 Å². The van der Waals surface area contributed by atoms with E-state index in [1.165, 1.54) is 35.3 Å². The fourth-order valence-corrected chi connectivity index (χ4v) is 4.34. The zero-order valence-electron chi connectivity index (χ0n) is 17.5. The molecule has 34 heavy (non-hydrogen) atoms. The van der Waals surface area contributed by atoms with Gasteiger partial charge in [-0.3, -0.25) is 9.48 Å². The van der Waals surface area contributed by atoms with Crippen molar-refractivity contribution < 1.29 is 23.1 Å². The summed E-state index contributed by atoms with van der Waals surface area (Å²) >= 11 is 6.11. The second kappa shape index (κ2) is 9.21. The minimum atomic E-state index is -4.13. The van der Waals surface area contributed by atoms with Crippen molar-refractivity contribution >= 4 is 50.1 Å². The number of carboxylic acid groups (broad SMARTS) is 1. The number of carboxylic acids is 1. The number of aromatic carboxylic acids is 1. The summed E-state index contributed by atoms with van der Waals surface area (Å²) < 4.78 is 25.9. The van der Waals surface area contributed by atoms with Crippen LogP contribution in [-0.4, -0.2) is 40.2 Å². The molecule has 4 rings (SSSR count). The molecule has 0 unspecified atom stereocenters. The van der Waals surface area contributed by atoms with Crippen LogP contribution in [0.3, 0.4) is 0 Å². The highest BCUT2D eigenvalue weighted by Gasteiger charge is 2.18. The normalized spacial score (nSPS) is 11.5. The number of benzene rings is 2. The minimum Gasteiger partial charge on any atom is -0.477 e. The van der Waals surface area contributed by atoms with Crippen LogP contribution in [0.1, 0.15) is 21.6 Å². The molecule has 0 radical (unpaired) electrons. The molecule has 4 N–H and O–H groups in total. The Labute approximate surface area is 199 Å². The van der Waals surface area contributed by atoms with Gasteiger partial charge >= 0.3 is 5.97 Å². The molecule has 0 fully saturated rings. The number of fused-ring (bicyclic) bond motifs is 1. The molecular weight excluding hydrogens is 482 g/mol. The Morgan fingerprint density at radius 1 is 1.15 bits per heavy atom. The summed E-state index contributed by atoms with van der Waals surface area (Å²) in [4.78, 5) is 27.2. The van der Waals surface area contributed by atoms with E-state index in [1.54, 1.807) is 30.3 Å². The van der Waals surface area contributed by atoms with Crippen molar-refractivity contribution in [3.8, 4) is 0 Å². The number of nitrogens with zero attached hydrogens (tertiary/aromatic N) is 3. The number of carbonyl (C=O) groups excluding carboxylic acids is 1. The van der Waals surface area contributed by atoms with E-state index < -0.39 is 21.9 Å². The fraction of sp³-hybridized carbons (Fsp3) is 0.0909. The van der Waals surface area contributed by atoms with E-state index in [-0.39, 0.29) is 34.6 Å². The summed E-state index contributed by atoms with van der Waals surface area (Å²) in [6.07, 6.45) is 2.91. The number of sulfonamides is 1. The van der Waals surface area contributed by atoms with Gasteiger partial charge in [-0.25, -0.2) is 23.3 Å². The first-order chi connectivity index (χ1) is 16.1. The SMILES string of the molecule is NS(=O)(=O)c1cc(NC(=O)Cc2ccccc2Cl)cc2nn(Cc3ccc(C(=O)O)nc3)cc12. The highest BCUT2D eigenvalue weighted by Crippen LogP contribution is 2.27. The molecule has 0 aliphatic rings. The average molecular weight is 500 g/mol. The van der Waals surface area contributed by atoms with E-state index >= 15 is 0 Å². The molecule has 2 aromatic heterocycles. The number of anilines is 1. The first-order valence-corrected chi connectivity index (χ1v) is 11.8. The van der Waals surface area contributed by atoms with Gasteiger partial charge in [0.05, 0.1) is 23.4 Å². The van der Waals surface area contributed by atoms with Gasteiger partial charge in [0.2, 0.25) is 15.9 Å². The molecule has 4 aromatic rings. The third-order valence-corrected chi connectivity index (χ3v) is 6.24. The largest absolute Gasteiger partial charge is 0.477 e. The predicted molar refractivity (Wildman–Crippen MR) is 125 cm³/mol. The van der Waals surface area contributed by atoms with Crippen molar-refractivity contribution in [2.24, 2.45) is 5.14 Å². The zero-order chi connectivity index (χ0) is 24.5. The monoisotopic (exact) mass is 499 g/mol. The van der Waals surface area contributed by atoms with Crippen LogP contribution in [0.2, 0.25) is 5.02 Å². The lowest BCUT2D eigenvalue weighted by atomic mass is 10.1. The third kappa shape index (κ3) is 5.22. The van der Waals surface area contributed by atoms with E-state index in [1.807, 2.05) is 0 Å². The van der Waals surface area contributed by atoms with Gasteiger partial charge in [-0.15, -0.1) is 0 Å². The molecule has 2 aromatic carbocycles. The van der Waals surface area contributed by atoms with Crippen molar-refractivity contribution in [1.29, 1.82) is 0 Å². The van der Waals surface area contributed by atoms with Gasteiger partial charge < -0.3 is 10.4 Å². The Morgan fingerprint density at radius 2 is 1.91 bits per heavy atom. The highest BCUT2D eigenvalue weighted by molar-refractivity contribution is 7.89. The first kappa shape index (κ1) is 23.4. The van der Waals surface area contributed by atoms with E-state index in [2.05, 4.69) is 15.4 Å². The Kier molecular flexibility index (Phi) is 6.33. The van der Waals surface area contributed by atoms with Crippen molar-refractivity contribution in [3.05, 3.63) is 82.8 Å². The van der Waals surface area contributed by atoms with Crippen LogP contribution in [0.15, 0.2) is 65.8 Å². The van der Waals surface area contributed by atoms with E-state index in [0.717, 1.165) is 0 Å². The van der Waals surface area contributed by atoms with Crippen LogP contribution in [0.4, 0.5) is 5.69 Å². The number of hydrogen-bond acceptors (Lipinski definition) is 6. The van der Waals surface area contributed by atoms with Gasteiger partial charge in [0, 0.05) is 28.5 Å². The van der Waals surface area contributed by atoms with Crippen LogP contribution < -0.4 is 10.5 Å². The lowest BCUT2D eigenvalue weighted by Gasteiger charge is -2.08. The number of primary sulfonamides is 1. The van der Waals surface area contributed by atoms with E-state index in [4.69, 9.17) is 21.8 Å². The van der Waals surface area contributed by atoms with Crippen LogP contribution in [-0.2, 0) is 27.8 Å². The number of carbonyl (C=O) groups is 2. The molecule has 10 nitrogen and oxygen atoms in total. The lowest BCUT2D eigenvalue weighted by molar-refractivity contribution is -0.115. The van der Waals surface area contributed by atoms with Crippen LogP contribution >= 0.6 is 11.6 Å². The molecule has 12 heteroatoms. The van der Waals surface area contributed by atoms with Crippen molar-refractivity contribution in [2.75, 3.05) is 5.32 Å². The fourth-order valence-electron chi connectivity index (χ4n) is 3.38. The van der Waals surface area contributed by atoms with E-state index in [9.17, 15) is 18.0 Å². The maximum Gasteiger partial charge on any atom is 0.354 e. The summed E-state index contributed by atoms with van der Waals surface area (Å²) in [5, 5.41) is 22.2. The maximum atomic E-state index is 12.5.